The number of hydrogen-bond acceptors (Lipinski definition) is 4. The molecule has 0 saturated heterocycles. The first-order valence-corrected chi connectivity index (χ1v) is 9.59. The maximum Gasteiger partial charge on any atom is 0.516 e. The monoisotopic (exact) mass is 460 g/mol. The lowest BCUT2D eigenvalue weighted by atomic mass is 10.2. The summed E-state index contributed by atoms with van der Waals surface area (Å²) in [7, 11) is -5.59. The van der Waals surface area contributed by atoms with Crippen LogP contribution in [0.2, 0.25) is 15.1 Å². The van der Waals surface area contributed by atoms with Crippen LogP contribution < -0.4 is 4.72 Å². The average molecular weight is 462 g/mol. The van der Waals surface area contributed by atoms with Gasteiger partial charge in [0.25, 0.3) is 0 Å². The van der Waals surface area contributed by atoms with Gasteiger partial charge in [-0.15, -0.1) is 0 Å². The number of nitrogens with one attached hydrogen (secondary N) is 1. The van der Waals surface area contributed by atoms with Crippen molar-refractivity contribution in [2.75, 3.05) is 4.72 Å². The van der Waals surface area contributed by atoms with Crippen molar-refractivity contribution < 1.29 is 26.4 Å². The van der Waals surface area contributed by atoms with Crippen molar-refractivity contribution in [1.29, 1.82) is 0 Å². The lowest BCUT2D eigenvalue weighted by Gasteiger charge is -2.12. The van der Waals surface area contributed by atoms with Crippen LogP contribution in [0.25, 0.3) is 0 Å². The minimum atomic E-state index is -5.59. The third-order valence-electron chi connectivity index (χ3n) is 3.04. The second-order valence-electron chi connectivity index (χ2n) is 5.04. The Morgan fingerprint density at radius 1 is 1.07 bits per heavy atom. The van der Waals surface area contributed by atoms with Crippen molar-refractivity contribution in [3.8, 4) is 0 Å². The van der Waals surface area contributed by atoms with E-state index in [1.165, 1.54) is 16.9 Å². The lowest BCUT2D eigenvalue weighted by Crippen LogP contribution is -2.30. The summed E-state index contributed by atoms with van der Waals surface area (Å²) in [6.07, 6.45) is 1.03. The largest absolute Gasteiger partial charge is 0.516 e. The fraction of sp³-hybridized carbons (Fsp3) is 0.133. The van der Waals surface area contributed by atoms with E-state index in [0.29, 0.717) is 15.6 Å². The van der Waals surface area contributed by atoms with Gasteiger partial charge >= 0.3 is 15.5 Å². The molecule has 5 nitrogen and oxygen atoms in total. The molecule has 0 saturated carbocycles. The average Bonchev–Trinajstić information content (AvgIpc) is 2.56. The molecule has 0 heterocycles. The highest BCUT2D eigenvalue weighted by Crippen LogP contribution is 2.28. The number of oxime groups is 1. The van der Waals surface area contributed by atoms with Gasteiger partial charge in [0, 0.05) is 10.6 Å². The molecule has 0 amide bonds. The summed E-state index contributed by atoms with van der Waals surface area (Å²) in [5, 5.41) is 4.46. The Morgan fingerprint density at radius 2 is 1.78 bits per heavy atom. The van der Waals surface area contributed by atoms with E-state index < -0.39 is 15.5 Å². The molecule has 0 aliphatic carbocycles. The number of nitrogens with zero attached hydrogens (tertiary/aromatic N) is 1. The Labute approximate surface area is 167 Å². The number of anilines is 1. The SMILES string of the molecule is O=S(=O)(Nc1ccc(Cl)cc1/C=N/OCc1ccc(Cl)c(Cl)c1)C(F)(F)F. The summed E-state index contributed by atoms with van der Waals surface area (Å²) in [5.41, 5.74) is -5.21. The highest BCUT2D eigenvalue weighted by molar-refractivity contribution is 7.93. The fourth-order valence-electron chi connectivity index (χ4n) is 1.77. The summed E-state index contributed by atoms with van der Waals surface area (Å²) >= 11 is 17.4. The van der Waals surface area contributed by atoms with Crippen LogP contribution in [0.1, 0.15) is 11.1 Å². The van der Waals surface area contributed by atoms with Gasteiger partial charge in [-0.05, 0) is 35.9 Å². The van der Waals surface area contributed by atoms with Gasteiger partial charge in [0.15, 0.2) is 0 Å². The molecule has 2 aromatic rings. The second-order valence-corrected chi connectivity index (χ2v) is 7.96. The zero-order valence-corrected chi connectivity index (χ0v) is 16.2. The second kappa shape index (κ2) is 8.55. The van der Waals surface area contributed by atoms with Crippen LogP contribution in [0.5, 0.6) is 0 Å². The van der Waals surface area contributed by atoms with Gasteiger partial charge in [-0.2, -0.15) is 21.6 Å². The van der Waals surface area contributed by atoms with Crippen molar-refractivity contribution in [3.63, 3.8) is 0 Å². The van der Waals surface area contributed by atoms with Crippen LogP contribution in [0.4, 0.5) is 18.9 Å². The van der Waals surface area contributed by atoms with Crippen LogP contribution in [0, 0.1) is 0 Å². The van der Waals surface area contributed by atoms with Crippen LogP contribution >= 0.6 is 34.8 Å². The maximum absolute atomic E-state index is 12.5. The molecule has 27 heavy (non-hydrogen) atoms. The summed E-state index contributed by atoms with van der Waals surface area (Å²) < 4.78 is 61.6. The first-order valence-electron chi connectivity index (χ1n) is 6.97. The molecule has 0 aliphatic rings. The molecule has 2 aromatic carbocycles. The molecule has 0 aliphatic heterocycles. The molecule has 0 bridgehead atoms. The molecule has 12 heteroatoms. The summed E-state index contributed by atoms with van der Waals surface area (Å²) in [6.45, 7) is -0.00241. The highest BCUT2D eigenvalue weighted by atomic mass is 35.5. The van der Waals surface area contributed by atoms with Crippen LogP contribution in [0.15, 0.2) is 41.6 Å². The lowest BCUT2D eigenvalue weighted by molar-refractivity contribution is -0.0429. The van der Waals surface area contributed by atoms with Crippen molar-refractivity contribution in [2.24, 2.45) is 5.16 Å². The van der Waals surface area contributed by atoms with Crippen molar-refractivity contribution in [3.05, 3.63) is 62.6 Å². The minimum Gasteiger partial charge on any atom is -0.391 e. The van der Waals surface area contributed by atoms with E-state index in [9.17, 15) is 21.6 Å². The number of benzene rings is 2. The Kier molecular flexibility index (Phi) is 6.85. The fourth-order valence-corrected chi connectivity index (χ4v) is 2.86. The van der Waals surface area contributed by atoms with Crippen LogP contribution in [-0.2, 0) is 21.5 Å². The van der Waals surface area contributed by atoms with E-state index in [1.54, 1.807) is 18.2 Å². The highest BCUT2D eigenvalue weighted by Gasteiger charge is 2.46. The van der Waals surface area contributed by atoms with E-state index in [4.69, 9.17) is 39.6 Å². The molecule has 0 unspecified atom stereocenters. The summed E-state index contributed by atoms with van der Waals surface area (Å²) in [4.78, 5) is 5.04. The molecule has 0 fully saturated rings. The van der Waals surface area contributed by atoms with Gasteiger partial charge in [0.2, 0.25) is 0 Å². The van der Waals surface area contributed by atoms with E-state index in [2.05, 4.69) is 5.16 Å². The van der Waals surface area contributed by atoms with Gasteiger partial charge in [-0.25, -0.2) is 0 Å². The standard InChI is InChI=1S/C15H10Cl3F3N2O3S/c16-11-2-4-14(23-27(24,25)15(19,20)21)10(6-11)7-22-26-8-9-1-3-12(17)13(18)5-9/h1-7,23H,8H2/b22-7+. The number of hydrogen-bond donors (Lipinski definition) is 1. The Balaban J connectivity index is 2.14. The normalized spacial score (nSPS) is 12.4. The topological polar surface area (TPSA) is 67.8 Å². The number of halogens is 6. The molecule has 2 rings (SSSR count). The number of alkyl halides is 3. The minimum absolute atomic E-state index is 0.00241. The van der Waals surface area contributed by atoms with Gasteiger partial charge in [0.05, 0.1) is 21.9 Å². The van der Waals surface area contributed by atoms with Gasteiger partial charge in [-0.3, -0.25) is 4.72 Å². The first-order chi connectivity index (χ1) is 12.5. The zero-order valence-electron chi connectivity index (χ0n) is 13.1. The van der Waals surface area contributed by atoms with Crippen molar-refractivity contribution >= 4 is 56.7 Å². The molecule has 0 spiro atoms. The van der Waals surface area contributed by atoms with Crippen molar-refractivity contribution in [2.45, 2.75) is 12.1 Å². The number of rotatable bonds is 6. The summed E-state index contributed by atoms with van der Waals surface area (Å²) in [5.74, 6) is 0. The van der Waals surface area contributed by atoms with Crippen molar-refractivity contribution in [1.82, 2.24) is 0 Å². The molecule has 0 aromatic heterocycles. The van der Waals surface area contributed by atoms with Crippen LogP contribution in [0.3, 0.4) is 0 Å². The van der Waals surface area contributed by atoms with E-state index in [-0.39, 0.29) is 22.9 Å². The quantitative estimate of drug-likeness (QED) is 0.459. The predicted octanol–water partition coefficient (Wildman–Crippen LogP) is 5.46. The van der Waals surface area contributed by atoms with Crippen LogP contribution in [-0.4, -0.2) is 20.1 Å². The maximum atomic E-state index is 12.5. The summed E-state index contributed by atoms with van der Waals surface area (Å²) in [6, 6.07) is 8.29. The zero-order chi connectivity index (χ0) is 20.2. The van der Waals surface area contributed by atoms with E-state index in [0.717, 1.165) is 12.3 Å². The third-order valence-corrected chi connectivity index (χ3v) is 5.12. The van der Waals surface area contributed by atoms with Gasteiger partial charge < -0.3 is 4.84 Å². The molecule has 0 atom stereocenters. The molecule has 146 valence electrons. The third kappa shape index (κ3) is 5.90. The first kappa shape index (κ1) is 21.6. The molecular weight excluding hydrogens is 452 g/mol. The molecular formula is C15H10Cl3F3N2O3S. The molecule has 0 radical (unpaired) electrons. The smallest absolute Gasteiger partial charge is 0.391 e. The number of sulfonamides is 1. The van der Waals surface area contributed by atoms with Gasteiger partial charge in [0.1, 0.15) is 6.61 Å². The van der Waals surface area contributed by atoms with E-state index >= 15 is 0 Å². The Hall–Kier alpha value is -1.68. The van der Waals surface area contributed by atoms with E-state index in [1.807, 2.05) is 0 Å². The Bertz CT molecular complexity index is 967. The predicted molar refractivity (Wildman–Crippen MR) is 98.9 cm³/mol. The van der Waals surface area contributed by atoms with Gasteiger partial charge in [-0.1, -0.05) is 46.0 Å². The Morgan fingerprint density at radius 3 is 2.41 bits per heavy atom. The molecule has 1 N–H and O–H groups in total.